The highest BCUT2D eigenvalue weighted by Gasteiger charge is 2.13. The van der Waals surface area contributed by atoms with E-state index >= 15 is 0 Å². The molecule has 0 saturated heterocycles. The average Bonchev–Trinajstić information content (AvgIpc) is 3.14. The average molecular weight is 376 g/mol. The lowest BCUT2D eigenvalue weighted by Crippen LogP contribution is -2.06. The summed E-state index contributed by atoms with van der Waals surface area (Å²) in [6, 6.07) is 15.0. The van der Waals surface area contributed by atoms with Crippen LogP contribution in [0.25, 0.3) is 0 Å². The predicted octanol–water partition coefficient (Wildman–Crippen LogP) is 4.07. The topological polar surface area (TPSA) is 85.4 Å². The summed E-state index contributed by atoms with van der Waals surface area (Å²) in [5.41, 5.74) is 3.41. The molecule has 0 saturated carbocycles. The van der Waals surface area contributed by atoms with Gasteiger partial charge in [0.05, 0.1) is 0 Å². The first kappa shape index (κ1) is 17.8. The number of ether oxygens (including phenoxy) is 2. The van der Waals surface area contributed by atoms with E-state index in [4.69, 9.17) is 9.47 Å². The van der Waals surface area contributed by atoms with Crippen LogP contribution in [-0.2, 0) is 6.54 Å². The summed E-state index contributed by atoms with van der Waals surface area (Å²) in [7, 11) is 0. The minimum absolute atomic E-state index is 0.0411. The van der Waals surface area contributed by atoms with Crippen molar-refractivity contribution in [3.05, 3.63) is 65.4 Å². The van der Waals surface area contributed by atoms with E-state index in [1.54, 1.807) is 19.1 Å². The number of hydrogen-bond acceptors (Lipinski definition) is 7. The van der Waals surface area contributed by atoms with Gasteiger partial charge in [-0.25, -0.2) is 4.98 Å². The molecular weight excluding hydrogens is 356 g/mol. The van der Waals surface area contributed by atoms with Crippen molar-refractivity contribution in [1.82, 2.24) is 9.97 Å². The first-order chi connectivity index (χ1) is 13.6. The fourth-order valence-corrected chi connectivity index (χ4v) is 2.88. The van der Waals surface area contributed by atoms with Crippen LogP contribution in [0.4, 0.5) is 17.5 Å². The smallest absolute Gasteiger partial charge is 0.231 e. The standard InChI is InChI=1S/C21H20N4O3/c1-13-9-20(24-17-6-4-16(5-7-17)14(2)26)25-21(23-13)22-11-15-3-8-18-19(10-15)28-12-27-18/h3-10H,11-12H2,1-2H3,(H2,22,23,24,25). The van der Waals surface area contributed by atoms with E-state index in [1.807, 2.05) is 43.3 Å². The van der Waals surface area contributed by atoms with Gasteiger partial charge >= 0.3 is 0 Å². The number of Topliss-reactive ketones (excluding diaryl/α,β-unsaturated/α-hetero) is 1. The molecule has 7 nitrogen and oxygen atoms in total. The van der Waals surface area contributed by atoms with Crippen molar-refractivity contribution < 1.29 is 14.3 Å². The molecule has 4 rings (SSSR count). The summed E-state index contributed by atoms with van der Waals surface area (Å²) in [5, 5.41) is 6.48. The molecule has 0 aliphatic carbocycles. The van der Waals surface area contributed by atoms with Gasteiger partial charge in [-0.15, -0.1) is 0 Å². The molecule has 2 heterocycles. The van der Waals surface area contributed by atoms with Crippen molar-refractivity contribution in [3.63, 3.8) is 0 Å². The number of fused-ring (bicyclic) bond motifs is 1. The minimum atomic E-state index is 0.0411. The van der Waals surface area contributed by atoms with Gasteiger partial charge in [0.2, 0.25) is 12.7 Å². The van der Waals surface area contributed by atoms with Crippen molar-refractivity contribution in [1.29, 1.82) is 0 Å². The van der Waals surface area contributed by atoms with Gasteiger partial charge in [0.25, 0.3) is 0 Å². The third-order valence-electron chi connectivity index (χ3n) is 4.31. The van der Waals surface area contributed by atoms with Crippen LogP contribution in [-0.4, -0.2) is 22.5 Å². The van der Waals surface area contributed by atoms with Gasteiger partial charge in [0, 0.05) is 29.6 Å². The van der Waals surface area contributed by atoms with Gasteiger partial charge in [0.15, 0.2) is 17.3 Å². The van der Waals surface area contributed by atoms with Crippen LogP contribution in [0.3, 0.4) is 0 Å². The number of carbonyl (C=O) groups excluding carboxylic acids is 1. The molecule has 0 amide bonds. The maximum atomic E-state index is 11.4. The summed E-state index contributed by atoms with van der Waals surface area (Å²) in [6.07, 6.45) is 0. The van der Waals surface area contributed by atoms with E-state index in [0.29, 0.717) is 23.9 Å². The van der Waals surface area contributed by atoms with Crippen molar-refractivity contribution in [2.24, 2.45) is 0 Å². The third kappa shape index (κ3) is 4.03. The normalized spacial score (nSPS) is 11.9. The van der Waals surface area contributed by atoms with Crippen LogP contribution in [0.2, 0.25) is 0 Å². The Hall–Kier alpha value is -3.61. The summed E-state index contributed by atoms with van der Waals surface area (Å²) >= 11 is 0. The zero-order valence-electron chi connectivity index (χ0n) is 15.7. The molecule has 3 aromatic rings. The predicted molar refractivity (Wildman–Crippen MR) is 106 cm³/mol. The third-order valence-corrected chi connectivity index (χ3v) is 4.31. The molecule has 2 N–H and O–H groups in total. The second kappa shape index (κ2) is 7.56. The second-order valence-electron chi connectivity index (χ2n) is 6.52. The lowest BCUT2D eigenvalue weighted by molar-refractivity contribution is 0.101. The number of ketones is 1. The first-order valence-electron chi connectivity index (χ1n) is 8.93. The number of carbonyl (C=O) groups is 1. The molecule has 0 spiro atoms. The number of benzene rings is 2. The van der Waals surface area contributed by atoms with Crippen molar-refractivity contribution in [3.8, 4) is 11.5 Å². The fourth-order valence-electron chi connectivity index (χ4n) is 2.88. The molecule has 28 heavy (non-hydrogen) atoms. The number of nitrogens with one attached hydrogen (secondary N) is 2. The largest absolute Gasteiger partial charge is 0.454 e. The monoisotopic (exact) mass is 376 g/mol. The summed E-state index contributed by atoms with van der Waals surface area (Å²) in [4.78, 5) is 20.3. The fraction of sp³-hybridized carbons (Fsp3) is 0.190. The molecule has 0 fully saturated rings. The van der Waals surface area contributed by atoms with Crippen molar-refractivity contribution >= 4 is 23.2 Å². The molecular formula is C21H20N4O3. The molecule has 1 aliphatic heterocycles. The van der Waals surface area contributed by atoms with E-state index in [0.717, 1.165) is 28.4 Å². The van der Waals surface area contributed by atoms with Crippen LogP contribution in [0.5, 0.6) is 11.5 Å². The van der Waals surface area contributed by atoms with Gasteiger partial charge in [-0.1, -0.05) is 6.07 Å². The van der Waals surface area contributed by atoms with Crippen LogP contribution >= 0.6 is 0 Å². The molecule has 0 atom stereocenters. The lowest BCUT2D eigenvalue weighted by Gasteiger charge is -2.10. The highest BCUT2D eigenvalue weighted by atomic mass is 16.7. The van der Waals surface area contributed by atoms with Crippen LogP contribution in [0.15, 0.2) is 48.5 Å². The van der Waals surface area contributed by atoms with Gasteiger partial charge in [-0.3, -0.25) is 4.79 Å². The minimum Gasteiger partial charge on any atom is -0.454 e. The number of anilines is 3. The lowest BCUT2D eigenvalue weighted by atomic mass is 10.1. The SMILES string of the molecule is CC(=O)c1ccc(Nc2cc(C)nc(NCc3ccc4c(c3)OCO4)n2)cc1. The Morgan fingerprint density at radius 2 is 1.82 bits per heavy atom. The Balaban J connectivity index is 1.45. The molecule has 1 aliphatic rings. The molecule has 142 valence electrons. The second-order valence-corrected chi connectivity index (χ2v) is 6.52. The summed E-state index contributed by atoms with van der Waals surface area (Å²) in [6.45, 7) is 4.29. The van der Waals surface area contributed by atoms with Gasteiger partial charge in [0.1, 0.15) is 5.82 Å². The summed E-state index contributed by atoms with van der Waals surface area (Å²) in [5.74, 6) is 2.76. The maximum absolute atomic E-state index is 11.4. The molecule has 7 heteroatoms. The summed E-state index contributed by atoms with van der Waals surface area (Å²) < 4.78 is 10.7. The van der Waals surface area contributed by atoms with E-state index in [-0.39, 0.29) is 12.6 Å². The Kier molecular flexibility index (Phi) is 4.80. The molecule has 0 unspecified atom stereocenters. The number of aromatic nitrogens is 2. The van der Waals surface area contributed by atoms with Crippen LogP contribution in [0, 0.1) is 6.92 Å². The maximum Gasteiger partial charge on any atom is 0.231 e. The van der Waals surface area contributed by atoms with E-state index in [9.17, 15) is 4.79 Å². The van der Waals surface area contributed by atoms with Gasteiger partial charge < -0.3 is 20.1 Å². The van der Waals surface area contributed by atoms with Gasteiger partial charge in [-0.05, 0) is 55.8 Å². The van der Waals surface area contributed by atoms with Crippen molar-refractivity contribution in [2.45, 2.75) is 20.4 Å². The number of rotatable bonds is 6. The quantitative estimate of drug-likeness (QED) is 0.627. The van der Waals surface area contributed by atoms with E-state index < -0.39 is 0 Å². The van der Waals surface area contributed by atoms with Crippen molar-refractivity contribution in [2.75, 3.05) is 17.4 Å². The molecule has 1 aromatic heterocycles. The van der Waals surface area contributed by atoms with Crippen LogP contribution in [0.1, 0.15) is 28.5 Å². The molecule has 2 aromatic carbocycles. The Bertz CT molecular complexity index is 1020. The number of nitrogens with zero attached hydrogens (tertiary/aromatic N) is 2. The Labute approximate surface area is 162 Å². The molecule has 0 bridgehead atoms. The zero-order valence-corrected chi connectivity index (χ0v) is 15.7. The Morgan fingerprint density at radius 1 is 1.04 bits per heavy atom. The highest BCUT2D eigenvalue weighted by molar-refractivity contribution is 5.94. The Morgan fingerprint density at radius 3 is 2.61 bits per heavy atom. The zero-order chi connectivity index (χ0) is 19.5. The highest BCUT2D eigenvalue weighted by Crippen LogP contribution is 2.32. The van der Waals surface area contributed by atoms with E-state index in [2.05, 4.69) is 20.6 Å². The first-order valence-corrected chi connectivity index (χ1v) is 8.93. The number of hydrogen-bond donors (Lipinski definition) is 2. The van der Waals surface area contributed by atoms with E-state index in [1.165, 1.54) is 0 Å². The molecule has 0 radical (unpaired) electrons. The number of aryl methyl sites for hydroxylation is 1. The van der Waals surface area contributed by atoms with Crippen LogP contribution < -0.4 is 20.1 Å². The van der Waals surface area contributed by atoms with Gasteiger partial charge in [-0.2, -0.15) is 4.98 Å².